The van der Waals surface area contributed by atoms with Crippen LogP contribution in [0.2, 0.25) is 0 Å². The minimum absolute atomic E-state index is 0.0199. The Morgan fingerprint density at radius 1 is 1.32 bits per heavy atom. The molecule has 1 atom stereocenters. The molecule has 0 aliphatic heterocycles. The van der Waals surface area contributed by atoms with Gasteiger partial charge in [0.25, 0.3) is 0 Å². The molecule has 1 aliphatic rings. The predicted molar refractivity (Wildman–Crippen MR) is 108 cm³/mol. The van der Waals surface area contributed by atoms with Crippen LogP contribution >= 0.6 is 0 Å². The Bertz CT molecular complexity index is 613. The summed E-state index contributed by atoms with van der Waals surface area (Å²) in [5.41, 5.74) is 4.94. The van der Waals surface area contributed by atoms with Crippen molar-refractivity contribution in [2.75, 3.05) is 6.61 Å². The lowest BCUT2D eigenvalue weighted by atomic mass is 9.71. The second kappa shape index (κ2) is 11.8. The molecule has 1 aliphatic carbocycles. The van der Waals surface area contributed by atoms with Crippen LogP contribution in [-0.4, -0.2) is 22.9 Å². The number of rotatable bonds is 4. The summed E-state index contributed by atoms with van der Waals surface area (Å²) in [6.45, 7) is 12.2. The van der Waals surface area contributed by atoms with Crippen LogP contribution in [0.15, 0.2) is 34.4 Å². The zero-order chi connectivity index (χ0) is 19.5. The number of hydrogen-bond donors (Lipinski definition) is 2. The van der Waals surface area contributed by atoms with Crippen molar-refractivity contribution < 1.29 is 10.2 Å². The molecule has 0 radical (unpaired) electrons. The Hall–Kier alpha value is -1.74. The van der Waals surface area contributed by atoms with E-state index in [0.29, 0.717) is 0 Å². The van der Waals surface area contributed by atoms with E-state index in [1.165, 1.54) is 30.4 Å². The highest BCUT2D eigenvalue weighted by molar-refractivity contribution is 5.32. The van der Waals surface area contributed by atoms with Crippen LogP contribution in [-0.2, 0) is 0 Å². The van der Waals surface area contributed by atoms with Crippen molar-refractivity contribution in [2.24, 2.45) is 5.41 Å². The minimum atomic E-state index is -0.741. The average Bonchev–Trinajstić information content (AvgIpc) is 2.52. The van der Waals surface area contributed by atoms with Crippen molar-refractivity contribution in [3.8, 4) is 24.2 Å². The summed E-state index contributed by atoms with van der Waals surface area (Å²) in [5.74, 6) is 7.95. The summed E-state index contributed by atoms with van der Waals surface area (Å²) in [6.07, 6.45) is 12.2. The fourth-order valence-electron chi connectivity index (χ4n) is 2.98. The second-order valence-electron chi connectivity index (χ2n) is 7.18. The summed E-state index contributed by atoms with van der Waals surface area (Å²) in [6, 6.07) is 0. The zero-order valence-electron chi connectivity index (χ0n) is 16.7. The molecular weight excluding hydrogens is 308 g/mol. The molecule has 0 saturated carbocycles. The highest BCUT2D eigenvalue weighted by atomic mass is 16.3. The molecule has 2 heteroatoms. The Labute approximate surface area is 154 Å². The van der Waals surface area contributed by atoms with Crippen LogP contribution in [0.1, 0.15) is 67.2 Å². The molecule has 2 nitrogen and oxygen atoms in total. The van der Waals surface area contributed by atoms with Crippen molar-refractivity contribution in [3.63, 3.8) is 0 Å². The first kappa shape index (κ1) is 23.3. The van der Waals surface area contributed by atoms with Crippen molar-refractivity contribution in [2.45, 2.75) is 73.3 Å². The van der Waals surface area contributed by atoms with Gasteiger partial charge in [-0.3, -0.25) is 0 Å². The van der Waals surface area contributed by atoms with Gasteiger partial charge in [0.2, 0.25) is 0 Å². The van der Waals surface area contributed by atoms with Gasteiger partial charge in [0.05, 0.1) is 6.61 Å². The highest BCUT2D eigenvalue weighted by Crippen LogP contribution is 2.42. The number of hydrogen-bond acceptors (Lipinski definition) is 2. The third-order valence-corrected chi connectivity index (χ3v) is 4.55. The van der Waals surface area contributed by atoms with Crippen molar-refractivity contribution in [1.29, 1.82) is 0 Å². The van der Waals surface area contributed by atoms with Crippen LogP contribution in [0.5, 0.6) is 0 Å². The van der Waals surface area contributed by atoms with Gasteiger partial charge in [0, 0.05) is 0 Å². The van der Waals surface area contributed by atoms with Crippen molar-refractivity contribution in [3.05, 3.63) is 34.4 Å². The first-order valence-corrected chi connectivity index (χ1v) is 8.89. The van der Waals surface area contributed by atoms with Gasteiger partial charge in [0.1, 0.15) is 6.10 Å². The standard InChI is InChI=1S/C20H30O2.C3H4/c1-15(12-14-21)8-11-19(22)17(3)9-10-18-16(2)7-6-13-20(18,4)5;1-3-2/h9,12,19,21-22H,6-7,10,13-14H2,1-5H3;1H,2H3/b15-12-,17-9+;. The smallest absolute Gasteiger partial charge is 0.136 e. The van der Waals surface area contributed by atoms with Gasteiger partial charge in [-0.1, -0.05) is 42.9 Å². The maximum absolute atomic E-state index is 10.1. The number of aliphatic hydroxyl groups excluding tert-OH is 2. The first-order chi connectivity index (χ1) is 11.7. The minimum Gasteiger partial charge on any atom is -0.392 e. The topological polar surface area (TPSA) is 40.5 Å². The summed E-state index contributed by atoms with van der Waals surface area (Å²) >= 11 is 0. The van der Waals surface area contributed by atoms with Crippen LogP contribution in [0.25, 0.3) is 0 Å². The van der Waals surface area contributed by atoms with E-state index < -0.39 is 6.10 Å². The fourth-order valence-corrected chi connectivity index (χ4v) is 2.98. The third kappa shape index (κ3) is 8.78. The summed E-state index contributed by atoms with van der Waals surface area (Å²) < 4.78 is 0. The lowest BCUT2D eigenvalue weighted by molar-refractivity contribution is 0.267. The predicted octanol–water partition coefficient (Wildman–Crippen LogP) is 4.79. The Balaban J connectivity index is 0.00000178. The van der Waals surface area contributed by atoms with Gasteiger partial charge in [-0.05, 0) is 76.0 Å². The monoisotopic (exact) mass is 342 g/mol. The normalized spacial score (nSPS) is 18.4. The van der Waals surface area contributed by atoms with E-state index in [1.807, 2.05) is 13.8 Å². The summed E-state index contributed by atoms with van der Waals surface area (Å²) in [7, 11) is 0. The molecule has 0 aromatic heterocycles. The molecule has 1 unspecified atom stereocenters. The average molecular weight is 343 g/mol. The lowest BCUT2D eigenvalue weighted by Gasteiger charge is -2.34. The van der Waals surface area contributed by atoms with E-state index in [4.69, 9.17) is 5.11 Å². The molecule has 25 heavy (non-hydrogen) atoms. The van der Waals surface area contributed by atoms with Gasteiger partial charge >= 0.3 is 0 Å². The van der Waals surface area contributed by atoms with Gasteiger partial charge in [-0.15, -0.1) is 12.3 Å². The van der Waals surface area contributed by atoms with Gasteiger partial charge in [-0.2, -0.15) is 0 Å². The SMILES string of the molecule is C#CC.CC1=C(C/C=C(\C)C(O)C#C/C(C)=C\CO)C(C)(C)CCC1. The molecule has 2 N–H and O–H groups in total. The maximum Gasteiger partial charge on any atom is 0.136 e. The Morgan fingerprint density at radius 2 is 1.92 bits per heavy atom. The van der Waals surface area contributed by atoms with Crippen LogP contribution < -0.4 is 0 Å². The summed E-state index contributed by atoms with van der Waals surface area (Å²) in [4.78, 5) is 0. The molecule has 0 spiro atoms. The number of allylic oxidation sites excluding steroid dienone is 4. The molecule has 0 fully saturated rings. The lowest BCUT2D eigenvalue weighted by Crippen LogP contribution is -2.20. The largest absolute Gasteiger partial charge is 0.392 e. The van der Waals surface area contributed by atoms with E-state index in [9.17, 15) is 5.11 Å². The molecule has 0 bridgehead atoms. The third-order valence-electron chi connectivity index (χ3n) is 4.55. The van der Waals surface area contributed by atoms with E-state index in [0.717, 1.165) is 17.6 Å². The Morgan fingerprint density at radius 3 is 2.44 bits per heavy atom. The first-order valence-electron chi connectivity index (χ1n) is 8.89. The molecular formula is C23H34O2. The van der Waals surface area contributed by atoms with Gasteiger partial charge < -0.3 is 10.2 Å². The van der Waals surface area contributed by atoms with E-state index in [1.54, 1.807) is 13.0 Å². The van der Waals surface area contributed by atoms with Crippen LogP contribution in [0, 0.1) is 29.6 Å². The molecule has 0 amide bonds. The summed E-state index contributed by atoms with van der Waals surface area (Å²) in [5, 5.41) is 18.9. The molecule has 138 valence electrons. The molecule has 1 rings (SSSR count). The van der Waals surface area contributed by atoms with Crippen molar-refractivity contribution in [1.82, 2.24) is 0 Å². The van der Waals surface area contributed by atoms with E-state index in [2.05, 4.69) is 51.0 Å². The van der Waals surface area contributed by atoms with E-state index >= 15 is 0 Å². The zero-order valence-corrected chi connectivity index (χ0v) is 16.7. The Kier molecular flexibility index (Phi) is 10.9. The highest BCUT2D eigenvalue weighted by Gasteiger charge is 2.27. The van der Waals surface area contributed by atoms with E-state index in [-0.39, 0.29) is 12.0 Å². The number of aliphatic hydroxyl groups is 2. The molecule has 0 saturated heterocycles. The van der Waals surface area contributed by atoms with Gasteiger partial charge in [0.15, 0.2) is 0 Å². The molecule has 0 heterocycles. The number of terminal acetylenes is 1. The quantitative estimate of drug-likeness (QED) is 0.569. The van der Waals surface area contributed by atoms with Crippen LogP contribution in [0.3, 0.4) is 0 Å². The van der Waals surface area contributed by atoms with Gasteiger partial charge in [-0.25, -0.2) is 0 Å². The fraction of sp³-hybridized carbons (Fsp3) is 0.565. The van der Waals surface area contributed by atoms with Crippen molar-refractivity contribution >= 4 is 0 Å². The second-order valence-corrected chi connectivity index (χ2v) is 7.18. The van der Waals surface area contributed by atoms with Crippen LogP contribution in [0.4, 0.5) is 0 Å². The molecule has 0 aromatic carbocycles. The maximum atomic E-state index is 10.1. The molecule has 0 aromatic rings.